The van der Waals surface area contributed by atoms with E-state index in [9.17, 15) is 0 Å². The van der Waals surface area contributed by atoms with E-state index in [0.29, 0.717) is 0 Å². The highest BCUT2D eigenvalue weighted by Gasteiger charge is 2.16. The number of rotatable bonds is 3. The summed E-state index contributed by atoms with van der Waals surface area (Å²) in [4.78, 5) is 0. The van der Waals surface area contributed by atoms with Gasteiger partial charge in [0, 0.05) is 0 Å². The molecule has 1 nitrogen and oxygen atoms in total. The summed E-state index contributed by atoms with van der Waals surface area (Å²) >= 11 is 0. The van der Waals surface area contributed by atoms with E-state index in [4.69, 9.17) is 0 Å². The van der Waals surface area contributed by atoms with Crippen molar-refractivity contribution in [2.45, 2.75) is 58.8 Å². The van der Waals surface area contributed by atoms with Crippen molar-refractivity contribution in [1.82, 2.24) is 5.32 Å². The van der Waals surface area contributed by atoms with Crippen LogP contribution in [0, 0.1) is 12.8 Å². The van der Waals surface area contributed by atoms with Crippen LogP contribution in [-0.4, -0.2) is 13.1 Å². The van der Waals surface area contributed by atoms with Crippen LogP contribution in [0.15, 0.2) is 18.2 Å². The van der Waals surface area contributed by atoms with Gasteiger partial charge in [0.15, 0.2) is 0 Å². The fourth-order valence-electron chi connectivity index (χ4n) is 2.94. The van der Waals surface area contributed by atoms with Crippen LogP contribution in [0.1, 0.15) is 56.7 Å². The molecule has 2 rings (SSSR count). The standard InChI is InChI=1S/C18H29N/c1-14-7-10-17(18(2,3)4)12-16(14)9-8-15-6-5-11-19-13-15/h7,10,12,15,19H,5-6,8-9,11,13H2,1-4H3. The minimum atomic E-state index is 0.259. The Morgan fingerprint density at radius 3 is 2.68 bits per heavy atom. The number of nitrogens with one attached hydrogen (secondary N) is 1. The third-order valence-electron chi connectivity index (χ3n) is 4.44. The predicted molar refractivity (Wildman–Crippen MR) is 83.8 cm³/mol. The van der Waals surface area contributed by atoms with Crippen molar-refractivity contribution in [3.63, 3.8) is 0 Å². The molecule has 0 spiro atoms. The first-order valence-corrected chi connectivity index (χ1v) is 7.77. The van der Waals surface area contributed by atoms with Gasteiger partial charge in [-0.25, -0.2) is 0 Å². The molecule has 1 fully saturated rings. The maximum absolute atomic E-state index is 3.52. The zero-order valence-corrected chi connectivity index (χ0v) is 13.1. The summed E-state index contributed by atoms with van der Waals surface area (Å²) in [6.45, 7) is 11.6. The summed E-state index contributed by atoms with van der Waals surface area (Å²) in [5.41, 5.74) is 4.74. The fraction of sp³-hybridized carbons (Fsp3) is 0.667. The zero-order chi connectivity index (χ0) is 13.9. The molecule has 0 bridgehead atoms. The Hall–Kier alpha value is -0.820. The third kappa shape index (κ3) is 4.07. The van der Waals surface area contributed by atoms with Crippen LogP contribution >= 0.6 is 0 Å². The molecule has 1 heterocycles. The van der Waals surface area contributed by atoms with Crippen LogP contribution in [0.3, 0.4) is 0 Å². The smallest absolute Gasteiger partial charge is 0.00204 e. The van der Waals surface area contributed by atoms with Gasteiger partial charge in [0.2, 0.25) is 0 Å². The van der Waals surface area contributed by atoms with Crippen LogP contribution in [0.2, 0.25) is 0 Å². The molecule has 106 valence electrons. The molecular formula is C18H29N. The Balaban J connectivity index is 2.02. The topological polar surface area (TPSA) is 12.0 Å². The normalized spacial score (nSPS) is 20.5. The Labute approximate surface area is 118 Å². The van der Waals surface area contributed by atoms with E-state index >= 15 is 0 Å². The van der Waals surface area contributed by atoms with Crippen molar-refractivity contribution in [1.29, 1.82) is 0 Å². The van der Waals surface area contributed by atoms with E-state index in [0.717, 1.165) is 5.92 Å². The Morgan fingerprint density at radius 2 is 2.05 bits per heavy atom. The van der Waals surface area contributed by atoms with Crippen molar-refractivity contribution in [2.75, 3.05) is 13.1 Å². The second-order valence-corrected chi connectivity index (χ2v) is 7.14. The number of piperidine rings is 1. The van der Waals surface area contributed by atoms with Gasteiger partial charge in [-0.05, 0) is 73.7 Å². The molecule has 1 aliphatic heterocycles. The molecule has 19 heavy (non-hydrogen) atoms. The highest BCUT2D eigenvalue weighted by atomic mass is 14.9. The molecule has 1 aliphatic rings. The van der Waals surface area contributed by atoms with Gasteiger partial charge in [-0.3, -0.25) is 0 Å². The van der Waals surface area contributed by atoms with E-state index in [-0.39, 0.29) is 5.41 Å². The number of hydrogen-bond acceptors (Lipinski definition) is 1. The lowest BCUT2D eigenvalue weighted by Gasteiger charge is -2.24. The van der Waals surface area contributed by atoms with E-state index in [1.165, 1.54) is 49.9 Å². The van der Waals surface area contributed by atoms with Crippen molar-refractivity contribution in [3.8, 4) is 0 Å². The molecule has 0 saturated carbocycles. The highest BCUT2D eigenvalue weighted by Crippen LogP contribution is 2.26. The predicted octanol–water partition coefficient (Wildman–Crippen LogP) is 4.22. The molecule has 1 atom stereocenters. The van der Waals surface area contributed by atoms with Crippen molar-refractivity contribution >= 4 is 0 Å². The summed E-state index contributed by atoms with van der Waals surface area (Å²) in [5.74, 6) is 0.881. The summed E-state index contributed by atoms with van der Waals surface area (Å²) in [6, 6.07) is 7.03. The third-order valence-corrected chi connectivity index (χ3v) is 4.44. The van der Waals surface area contributed by atoms with Gasteiger partial charge < -0.3 is 5.32 Å². The molecule has 1 saturated heterocycles. The molecule has 0 aliphatic carbocycles. The lowest BCUT2D eigenvalue weighted by atomic mass is 9.84. The molecule has 1 unspecified atom stereocenters. The lowest BCUT2D eigenvalue weighted by molar-refractivity contribution is 0.358. The molecule has 1 heteroatoms. The van der Waals surface area contributed by atoms with Crippen molar-refractivity contribution in [2.24, 2.45) is 5.92 Å². The summed E-state index contributed by atoms with van der Waals surface area (Å²) in [5, 5.41) is 3.52. The van der Waals surface area contributed by atoms with Crippen molar-refractivity contribution < 1.29 is 0 Å². The maximum Gasteiger partial charge on any atom is -0.00204 e. The van der Waals surface area contributed by atoms with Gasteiger partial charge in [-0.2, -0.15) is 0 Å². The molecule has 0 radical (unpaired) electrons. The molecule has 0 aromatic heterocycles. The molecule has 1 N–H and O–H groups in total. The fourth-order valence-corrected chi connectivity index (χ4v) is 2.94. The average Bonchev–Trinajstić information content (AvgIpc) is 2.37. The van der Waals surface area contributed by atoms with Gasteiger partial charge in [0.05, 0.1) is 0 Å². The van der Waals surface area contributed by atoms with Gasteiger partial charge in [0.25, 0.3) is 0 Å². The van der Waals surface area contributed by atoms with Crippen LogP contribution < -0.4 is 5.32 Å². The first kappa shape index (κ1) is 14.6. The second kappa shape index (κ2) is 6.09. The second-order valence-electron chi connectivity index (χ2n) is 7.14. The Bertz CT molecular complexity index is 408. The maximum atomic E-state index is 3.52. The van der Waals surface area contributed by atoms with Gasteiger partial charge in [0.1, 0.15) is 0 Å². The van der Waals surface area contributed by atoms with Gasteiger partial charge in [-0.1, -0.05) is 39.0 Å². The number of benzene rings is 1. The van der Waals surface area contributed by atoms with Crippen LogP contribution in [0.25, 0.3) is 0 Å². The molecule has 1 aromatic carbocycles. The first-order chi connectivity index (χ1) is 8.97. The molecule has 0 amide bonds. The summed E-state index contributed by atoms with van der Waals surface area (Å²) in [7, 11) is 0. The summed E-state index contributed by atoms with van der Waals surface area (Å²) < 4.78 is 0. The Morgan fingerprint density at radius 1 is 1.26 bits per heavy atom. The Kier molecular flexibility index (Phi) is 4.67. The summed E-state index contributed by atoms with van der Waals surface area (Å²) in [6.07, 6.45) is 5.33. The van der Waals surface area contributed by atoms with Crippen LogP contribution in [-0.2, 0) is 11.8 Å². The molecular weight excluding hydrogens is 230 g/mol. The lowest BCUT2D eigenvalue weighted by Crippen LogP contribution is -2.30. The quantitative estimate of drug-likeness (QED) is 0.857. The molecule has 1 aromatic rings. The number of hydrogen-bond donors (Lipinski definition) is 1. The SMILES string of the molecule is Cc1ccc(C(C)(C)C)cc1CCC1CCCNC1. The van der Waals surface area contributed by atoms with Crippen molar-refractivity contribution in [3.05, 3.63) is 34.9 Å². The monoisotopic (exact) mass is 259 g/mol. The minimum Gasteiger partial charge on any atom is -0.316 e. The van der Waals surface area contributed by atoms with Crippen LogP contribution in [0.4, 0.5) is 0 Å². The average molecular weight is 259 g/mol. The van der Waals surface area contributed by atoms with E-state index < -0.39 is 0 Å². The minimum absolute atomic E-state index is 0.259. The first-order valence-electron chi connectivity index (χ1n) is 7.77. The largest absolute Gasteiger partial charge is 0.316 e. The number of aryl methyl sites for hydroxylation is 2. The zero-order valence-electron chi connectivity index (χ0n) is 13.1. The van der Waals surface area contributed by atoms with E-state index in [1.807, 2.05) is 0 Å². The van der Waals surface area contributed by atoms with Gasteiger partial charge in [-0.15, -0.1) is 0 Å². The highest BCUT2D eigenvalue weighted by molar-refractivity contribution is 5.34. The van der Waals surface area contributed by atoms with E-state index in [2.05, 4.69) is 51.2 Å². The van der Waals surface area contributed by atoms with Crippen LogP contribution in [0.5, 0.6) is 0 Å². The van der Waals surface area contributed by atoms with Gasteiger partial charge >= 0.3 is 0 Å². The van der Waals surface area contributed by atoms with E-state index in [1.54, 1.807) is 5.56 Å².